The molecule has 2 aromatic heterocycles. The molecule has 0 aliphatic heterocycles. The summed E-state index contributed by atoms with van der Waals surface area (Å²) in [5.41, 5.74) is 0.477. The zero-order valence-electron chi connectivity index (χ0n) is 9.72. The monoisotopic (exact) mass is 292 g/mol. The summed E-state index contributed by atoms with van der Waals surface area (Å²) in [6.45, 7) is 0.305. The average Bonchev–Trinajstić information content (AvgIpc) is 2.87. The van der Waals surface area contributed by atoms with Crippen molar-refractivity contribution in [2.24, 2.45) is 0 Å². The average molecular weight is 293 g/mol. The Labute approximate surface area is 118 Å². The first kappa shape index (κ1) is 12.2. The standard InChI is InChI=1S/C13H9ClN2O2S/c14-8-3-4-10-11(6-8)15-13(19)16(12(10)17)7-9-2-1-5-18-9/h1-6H,7H2,(H,15,19). The van der Waals surface area contributed by atoms with E-state index >= 15 is 0 Å². The second-order valence-corrected chi connectivity index (χ2v) is 4.91. The van der Waals surface area contributed by atoms with Crippen LogP contribution in [0.4, 0.5) is 0 Å². The van der Waals surface area contributed by atoms with E-state index in [9.17, 15) is 4.79 Å². The van der Waals surface area contributed by atoms with Gasteiger partial charge in [0.05, 0.1) is 23.7 Å². The molecule has 0 saturated heterocycles. The molecule has 0 atom stereocenters. The molecular formula is C13H9ClN2O2S. The van der Waals surface area contributed by atoms with Gasteiger partial charge in [0, 0.05) is 5.02 Å². The van der Waals surface area contributed by atoms with Gasteiger partial charge in [-0.05, 0) is 42.5 Å². The van der Waals surface area contributed by atoms with E-state index in [1.807, 2.05) is 0 Å². The lowest BCUT2D eigenvalue weighted by Crippen LogP contribution is -2.22. The molecule has 0 aliphatic rings. The maximum atomic E-state index is 12.4. The number of benzene rings is 1. The van der Waals surface area contributed by atoms with Gasteiger partial charge in [0.25, 0.3) is 5.56 Å². The molecule has 0 bridgehead atoms. The van der Waals surface area contributed by atoms with Crippen molar-refractivity contribution in [3.05, 3.63) is 62.5 Å². The minimum absolute atomic E-state index is 0.160. The van der Waals surface area contributed by atoms with Crippen molar-refractivity contribution < 1.29 is 4.42 Å². The largest absolute Gasteiger partial charge is 0.467 e. The molecule has 4 nitrogen and oxygen atoms in total. The second kappa shape index (κ2) is 4.68. The SMILES string of the molecule is O=c1c2ccc(Cl)cc2[nH]c(=S)n1Cc1ccco1. The molecule has 0 unspecified atom stereocenters. The second-order valence-electron chi connectivity index (χ2n) is 4.09. The molecule has 0 radical (unpaired) electrons. The van der Waals surface area contributed by atoms with Gasteiger partial charge < -0.3 is 9.40 Å². The highest BCUT2D eigenvalue weighted by molar-refractivity contribution is 7.71. The molecular weight excluding hydrogens is 284 g/mol. The number of H-pyrrole nitrogens is 1. The number of furan rings is 1. The van der Waals surface area contributed by atoms with E-state index in [-0.39, 0.29) is 5.56 Å². The third-order valence-electron chi connectivity index (χ3n) is 2.84. The molecule has 1 N–H and O–H groups in total. The predicted octanol–water partition coefficient (Wildman–Crippen LogP) is 3.35. The molecule has 1 aromatic carbocycles. The lowest BCUT2D eigenvalue weighted by molar-refractivity contribution is 0.487. The maximum absolute atomic E-state index is 12.4. The van der Waals surface area contributed by atoms with Crippen LogP contribution in [0.2, 0.25) is 5.02 Å². The van der Waals surface area contributed by atoms with Gasteiger partial charge in [-0.25, -0.2) is 0 Å². The number of rotatable bonds is 2. The van der Waals surface area contributed by atoms with Gasteiger partial charge in [0.15, 0.2) is 4.77 Å². The van der Waals surface area contributed by atoms with Gasteiger partial charge in [-0.2, -0.15) is 0 Å². The summed E-state index contributed by atoms with van der Waals surface area (Å²) in [6, 6.07) is 8.62. The summed E-state index contributed by atoms with van der Waals surface area (Å²) in [5, 5.41) is 1.10. The summed E-state index contributed by atoms with van der Waals surface area (Å²) < 4.78 is 7.04. The highest BCUT2D eigenvalue weighted by atomic mass is 35.5. The zero-order chi connectivity index (χ0) is 13.4. The maximum Gasteiger partial charge on any atom is 0.262 e. The Bertz CT molecular complexity index is 849. The topological polar surface area (TPSA) is 50.9 Å². The third kappa shape index (κ3) is 2.22. The lowest BCUT2D eigenvalue weighted by atomic mass is 10.2. The van der Waals surface area contributed by atoms with Gasteiger partial charge >= 0.3 is 0 Å². The van der Waals surface area contributed by atoms with Crippen molar-refractivity contribution in [1.82, 2.24) is 9.55 Å². The van der Waals surface area contributed by atoms with E-state index in [4.69, 9.17) is 28.2 Å². The minimum atomic E-state index is -0.160. The molecule has 2 heterocycles. The van der Waals surface area contributed by atoms with E-state index in [0.717, 1.165) is 0 Å². The fourth-order valence-corrected chi connectivity index (χ4v) is 2.36. The number of nitrogens with one attached hydrogen (secondary N) is 1. The highest BCUT2D eigenvalue weighted by Gasteiger charge is 2.07. The van der Waals surface area contributed by atoms with Crippen LogP contribution < -0.4 is 5.56 Å². The number of nitrogens with zero attached hydrogens (tertiary/aromatic N) is 1. The Balaban J connectivity index is 2.23. The van der Waals surface area contributed by atoms with Gasteiger partial charge in [-0.15, -0.1) is 0 Å². The van der Waals surface area contributed by atoms with Crippen molar-refractivity contribution >= 4 is 34.7 Å². The number of fused-ring (bicyclic) bond motifs is 1. The number of aromatic amines is 1. The van der Waals surface area contributed by atoms with Crippen molar-refractivity contribution in [2.45, 2.75) is 6.54 Å². The summed E-state index contributed by atoms with van der Waals surface area (Å²) in [6.07, 6.45) is 1.56. The van der Waals surface area contributed by atoms with Crippen LogP contribution >= 0.6 is 23.8 Å². The number of aromatic nitrogens is 2. The number of halogens is 1. The molecule has 0 fully saturated rings. The van der Waals surface area contributed by atoms with E-state index in [2.05, 4.69) is 4.98 Å². The minimum Gasteiger partial charge on any atom is -0.467 e. The summed E-state index contributed by atoms with van der Waals surface area (Å²) >= 11 is 11.1. The molecule has 0 amide bonds. The first-order valence-corrected chi connectivity index (χ1v) is 6.38. The van der Waals surface area contributed by atoms with Crippen LogP contribution in [0.15, 0.2) is 45.8 Å². The quantitative estimate of drug-likeness (QED) is 0.737. The first-order valence-electron chi connectivity index (χ1n) is 5.60. The van der Waals surface area contributed by atoms with Crippen LogP contribution in [0, 0.1) is 4.77 Å². The van der Waals surface area contributed by atoms with Crippen LogP contribution in [-0.4, -0.2) is 9.55 Å². The zero-order valence-corrected chi connectivity index (χ0v) is 11.3. The fourth-order valence-electron chi connectivity index (χ4n) is 1.93. The van der Waals surface area contributed by atoms with Crippen molar-refractivity contribution in [2.75, 3.05) is 0 Å². The van der Waals surface area contributed by atoms with E-state index < -0.39 is 0 Å². The molecule has 6 heteroatoms. The number of hydrogen-bond donors (Lipinski definition) is 1. The number of hydrogen-bond acceptors (Lipinski definition) is 3. The molecule has 19 heavy (non-hydrogen) atoms. The van der Waals surface area contributed by atoms with Crippen molar-refractivity contribution in [3.8, 4) is 0 Å². The molecule has 96 valence electrons. The normalized spacial score (nSPS) is 11.0. The Morgan fingerprint density at radius 3 is 2.95 bits per heavy atom. The van der Waals surface area contributed by atoms with Crippen molar-refractivity contribution in [3.63, 3.8) is 0 Å². The van der Waals surface area contributed by atoms with Gasteiger partial charge in [0.2, 0.25) is 0 Å². The van der Waals surface area contributed by atoms with Crippen LogP contribution in [0.25, 0.3) is 10.9 Å². The molecule has 3 rings (SSSR count). The molecule has 0 aliphatic carbocycles. The Morgan fingerprint density at radius 1 is 1.37 bits per heavy atom. The van der Waals surface area contributed by atoms with E-state index in [0.29, 0.717) is 33.0 Å². The fraction of sp³-hybridized carbons (Fsp3) is 0.0769. The Hall–Kier alpha value is -1.85. The van der Waals surface area contributed by atoms with Gasteiger partial charge in [0.1, 0.15) is 5.76 Å². The van der Waals surface area contributed by atoms with Gasteiger partial charge in [-0.1, -0.05) is 11.6 Å². The van der Waals surface area contributed by atoms with Gasteiger partial charge in [-0.3, -0.25) is 9.36 Å². The highest BCUT2D eigenvalue weighted by Crippen LogP contribution is 2.15. The molecule has 3 aromatic rings. The Morgan fingerprint density at radius 2 is 2.21 bits per heavy atom. The van der Waals surface area contributed by atoms with Crippen LogP contribution in [0.5, 0.6) is 0 Å². The van der Waals surface area contributed by atoms with Crippen molar-refractivity contribution in [1.29, 1.82) is 0 Å². The Kier molecular flexibility index (Phi) is 3.00. The molecule has 0 spiro atoms. The predicted molar refractivity (Wildman–Crippen MR) is 76.2 cm³/mol. The summed E-state index contributed by atoms with van der Waals surface area (Å²) in [7, 11) is 0. The van der Waals surface area contributed by atoms with E-state index in [1.54, 1.807) is 36.6 Å². The van der Waals surface area contributed by atoms with Crippen LogP contribution in [0.1, 0.15) is 5.76 Å². The first-order chi connectivity index (χ1) is 9.15. The smallest absolute Gasteiger partial charge is 0.262 e. The summed E-state index contributed by atoms with van der Waals surface area (Å²) in [5.74, 6) is 0.676. The van der Waals surface area contributed by atoms with Crippen LogP contribution in [0.3, 0.4) is 0 Å². The van der Waals surface area contributed by atoms with Crippen LogP contribution in [-0.2, 0) is 6.54 Å². The summed E-state index contributed by atoms with van der Waals surface area (Å²) in [4.78, 5) is 15.4. The van der Waals surface area contributed by atoms with E-state index in [1.165, 1.54) is 4.57 Å². The third-order valence-corrected chi connectivity index (χ3v) is 3.40. The molecule has 0 saturated carbocycles. The lowest BCUT2D eigenvalue weighted by Gasteiger charge is -2.06.